The van der Waals surface area contributed by atoms with Crippen LogP contribution < -0.4 is 5.32 Å². The Balaban J connectivity index is 1.81. The summed E-state index contributed by atoms with van der Waals surface area (Å²) in [6, 6.07) is 8.73. The third-order valence-electron chi connectivity index (χ3n) is 4.70. The van der Waals surface area contributed by atoms with Crippen LogP contribution >= 0.6 is 0 Å². The Hall–Kier alpha value is -1.35. The highest BCUT2D eigenvalue weighted by atomic mass is 16.3. The standard InChI is InChI=1S/C19H29NO2/c1-19(2,3)16-10-7-14(8-11-16)9-12-18(22)20-17-6-4-5-15(17)13-21/h7-8,10-11,15,17,21H,4-6,9,12-13H2,1-3H3,(H,20,22)/t15-,17+/m1/s1. The van der Waals surface area contributed by atoms with Crippen molar-refractivity contribution in [2.45, 2.75) is 64.3 Å². The first-order valence-electron chi connectivity index (χ1n) is 8.40. The molecule has 0 saturated heterocycles. The van der Waals surface area contributed by atoms with Gasteiger partial charge in [-0.3, -0.25) is 4.79 Å². The number of aliphatic hydroxyl groups excluding tert-OH is 1. The number of carbonyl (C=O) groups excluding carboxylic acids is 1. The summed E-state index contributed by atoms with van der Waals surface area (Å²) in [7, 11) is 0. The SMILES string of the molecule is CC(C)(C)c1ccc(CCC(=O)N[C@H]2CCC[C@@H]2CO)cc1. The van der Waals surface area contributed by atoms with E-state index in [9.17, 15) is 9.90 Å². The lowest BCUT2D eigenvalue weighted by Crippen LogP contribution is -2.38. The quantitative estimate of drug-likeness (QED) is 0.877. The summed E-state index contributed by atoms with van der Waals surface area (Å²) in [5.74, 6) is 0.347. The molecule has 1 aromatic carbocycles. The molecule has 2 rings (SSSR count). The number of amides is 1. The molecule has 3 heteroatoms. The zero-order valence-corrected chi connectivity index (χ0v) is 14.1. The van der Waals surface area contributed by atoms with E-state index < -0.39 is 0 Å². The Morgan fingerprint density at radius 3 is 2.50 bits per heavy atom. The maximum atomic E-state index is 12.1. The molecular weight excluding hydrogens is 274 g/mol. The number of aliphatic hydroxyl groups is 1. The van der Waals surface area contributed by atoms with E-state index in [4.69, 9.17) is 0 Å². The Kier molecular flexibility index (Phi) is 5.63. The van der Waals surface area contributed by atoms with Crippen LogP contribution in [0.2, 0.25) is 0 Å². The summed E-state index contributed by atoms with van der Waals surface area (Å²) in [6.45, 7) is 6.79. The lowest BCUT2D eigenvalue weighted by molar-refractivity contribution is -0.122. The molecule has 0 spiro atoms. The van der Waals surface area contributed by atoms with Gasteiger partial charge in [0.1, 0.15) is 0 Å². The first-order valence-corrected chi connectivity index (χ1v) is 8.40. The van der Waals surface area contributed by atoms with Crippen molar-refractivity contribution in [3.63, 3.8) is 0 Å². The number of aryl methyl sites for hydroxylation is 1. The van der Waals surface area contributed by atoms with Gasteiger partial charge in [0.25, 0.3) is 0 Å². The summed E-state index contributed by atoms with van der Waals surface area (Å²) < 4.78 is 0. The predicted octanol–water partition coefficient (Wildman–Crippen LogP) is 3.19. The van der Waals surface area contributed by atoms with Crippen molar-refractivity contribution < 1.29 is 9.90 Å². The van der Waals surface area contributed by atoms with Crippen LogP contribution in [0.15, 0.2) is 24.3 Å². The van der Waals surface area contributed by atoms with Gasteiger partial charge in [-0.1, -0.05) is 51.5 Å². The van der Waals surface area contributed by atoms with Crippen LogP contribution in [-0.2, 0) is 16.6 Å². The molecule has 1 aliphatic rings. The minimum absolute atomic E-state index is 0.102. The smallest absolute Gasteiger partial charge is 0.220 e. The maximum absolute atomic E-state index is 12.1. The molecule has 1 saturated carbocycles. The van der Waals surface area contributed by atoms with Gasteiger partial charge in [-0.05, 0) is 35.8 Å². The van der Waals surface area contributed by atoms with E-state index in [1.807, 2.05) is 0 Å². The molecule has 3 nitrogen and oxygen atoms in total. The molecular formula is C19H29NO2. The summed E-state index contributed by atoms with van der Waals surface area (Å²) in [4.78, 5) is 12.1. The van der Waals surface area contributed by atoms with Crippen LogP contribution in [-0.4, -0.2) is 23.7 Å². The van der Waals surface area contributed by atoms with E-state index in [1.165, 1.54) is 11.1 Å². The highest BCUT2D eigenvalue weighted by Crippen LogP contribution is 2.25. The van der Waals surface area contributed by atoms with Crippen LogP contribution in [0.1, 0.15) is 57.6 Å². The minimum Gasteiger partial charge on any atom is -0.396 e. The van der Waals surface area contributed by atoms with Crippen molar-refractivity contribution in [2.24, 2.45) is 5.92 Å². The fourth-order valence-electron chi connectivity index (χ4n) is 3.15. The van der Waals surface area contributed by atoms with Crippen LogP contribution in [0.4, 0.5) is 0 Å². The van der Waals surface area contributed by atoms with Gasteiger partial charge in [-0.25, -0.2) is 0 Å². The highest BCUT2D eigenvalue weighted by Gasteiger charge is 2.27. The molecule has 2 N–H and O–H groups in total. The molecule has 0 aromatic heterocycles. The molecule has 0 heterocycles. The molecule has 122 valence electrons. The van der Waals surface area contributed by atoms with Gasteiger partial charge in [0.15, 0.2) is 0 Å². The Bertz CT molecular complexity index is 487. The van der Waals surface area contributed by atoms with E-state index in [0.29, 0.717) is 6.42 Å². The van der Waals surface area contributed by atoms with Gasteiger partial charge in [0.05, 0.1) is 0 Å². The maximum Gasteiger partial charge on any atom is 0.220 e. The first-order chi connectivity index (χ1) is 10.4. The van der Waals surface area contributed by atoms with E-state index in [2.05, 4.69) is 50.4 Å². The monoisotopic (exact) mass is 303 g/mol. The zero-order chi connectivity index (χ0) is 16.2. The third kappa shape index (κ3) is 4.57. The Labute approximate surface area is 134 Å². The van der Waals surface area contributed by atoms with Crippen LogP contribution in [0.5, 0.6) is 0 Å². The van der Waals surface area contributed by atoms with E-state index in [-0.39, 0.29) is 29.9 Å². The number of hydrogen-bond acceptors (Lipinski definition) is 2. The van der Waals surface area contributed by atoms with Gasteiger partial charge >= 0.3 is 0 Å². The fraction of sp³-hybridized carbons (Fsp3) is 0.632. The number of rotatable bonds is 5. The van der Waals surface area contributed by atoms with E-state index in [1.54, 1.807) is 0 Å². The molecule has 1 aromatic rings. The molecule has 22 heavy (non-hydrogen) atoms. The topological polar surface area (TPSA) is 49.3 Å². The summed E-state index contributed by atoms with van der Waals surface area (Å²) in [5.41, 5.74) is 2.68. The molecule has 0 bridgehead atoms. The van der Waals surface area contributed by atoms with Gasteiger partial charge in [-0.15, -0.1) is 0 Å². The average molecular weight is 303 g/mol. The summed E-state index contributed by atoms with van der Waals surface area (Å²) in [5, 5.41) is 12.4. The summed E-state index contributed by atoms with van der Waals surface area (Å²) in [6.07, 6.45) is 4.41. The number of benzene rings is 1. The highest BCUT2D eigenvalue weighted by molar-refractivity contribution is 5.76. The Morgan fingerprint density at radius 2 is 1.91 bits per heavy atom. The van der Waals surface area contributed by atoms with Crippen molar-refractivity contribution in [1.29, 1.82) is 0 Å². The van der Waals surface area contributed by atoms with E-state index >= 15 is 0 Å². The van der Waals surface area contributed by atoms with Crippen LogP contribution in [0, 0.1) is 5.92 Å². The van der Waals surface area contributed by atoms with Crippen molar-refractivity contribution in [2.75, 3.05) is 6.61 Å². The number of hydrogen-bond donors (Lipinski definition) is 2. The van der Waals surface area contributed by atoms with Gasteiger partial charge in [0.2, 0.25) is 5.91 Å². The lowest BCUT2D eigenvalue weighted by Gasteiger charge is -2.20. The molecule has 1 fully saturated rings. The molecule has 1 amide bonds. The van der Waals surface area contributed by atoms with Crippen LogP contribution in [0.25, 0.3) is 0 Å². The fourth-order valence-corrected chi connectivity index (χ4v) is 3.15. The molecule has 0 radical (unpaired) electrons. The van der Waals surface area contributed by atoms with Crippen molar-refractivity contribution in [3.8, 4) is 0 Å². The average Bonchev–Trinajstić information content (AvgIpc) is 2.92. The second-order valence-electron chi connectivity index (χ2n) is 7.49. The zero-order valence-electron chi connectivity index (χ0n) is 14.1. The van der Waals surface area contributed by atoms with Crippen molar-refractivity contribution >= 4 is 5.91 Å². The Morgan fingerprint density at radius 1 is 1.23 bits per heavy atom. The van der Waals surface area contributed by atoms with Gasteiger partial charge in [-0.2, -0.15) is 0 Å². The lowest BCUT2D eigenvalue weighted by atomic mass is 9.86. The molecule has 0 unspecified atom stereocenters. The second kappa shape index (κ2) is 7.28. The second-order valence-corrected chi connectivity index (χ2v) is 7.49. The molecule has 2 atom stereocenters. The minimum atomic E-state index is 0.102. The summed E-state index contributed by atoms with van der Waals surface area (Å²) >= 11 is 0. The third-order valence-corrected chi connectivity index (χ3v) is 4.70. The van der Waals surface area contributed by atoms with E-state index in [0.717, 1.165) is 25.7 Å². The van der Waals surface area contributed by atoms with Crippen molar-refractivity contribution in [1.82, 2.24) is 5.32 Å². The van der Waals surface area contributed by atoms with Crippen molar-refractivity contribution in [3.05, 3.63) is 35.4 Å². The number of carbonyl (C=O) groups is 1. The normalized spacial score (nSPS) is 21.8. The van der Waals surface area contributed by atoms with Gasteiger partial charge < -0.3 is 10.4 Å². The molecule has 0 aliphatic heterocycles. The molecule has 1 aliphatic carbocycles. The largest absolute Gasteiger partial charge is 0.396 e. The van der Waals surface area contributed by atoms with Gasteiger partial charge in [0, 0.05) is 25.0 Å². The first kappa shape index (κ1) is 17.0. The number of nitrogens with one attached hydrogen (secondary N) is 1. The van der Waals surface area contributed by atoms with Crippen LogP contribution in [0.3, 0.4) is 0 Å². The predicted molar refractivity (Wildman–Crippen MR) is 89.8 cm³/mol.